The van der Waals surface area contributed by atoms with E-state index >= 15 is 0 Å². The van der Waals surface area contributed by atoms with Crippen molar-refractivity contribution in [2.24, 2.45) is 5.92 Å². The molecule has 0 saturated carbocycles. The third-order valence-corrected chi connectivity index (χ3v) is 1.75. The van der Waals surface area contributed by atoms with Crippen LogP contribution < -0.4 is 16.2 Å². The van der Waals surface area contributed by atoms with Gasteiger partial charge >= 0.3 is 0 Å². The Hall–Kier alpha value is -0.120. The van der Waals surface area contributed by atoms with Gasteiger partial charge in [0, 0.05) is 12.6 Å². The third-order valence-electron chi connectivity index (χ3n) is 1.75. The Bertz CT molecular complexity index is 93.8. The summed E-state index contributed by atoms with van der Waals surface area (Å²) in [5, 5.41) is 3.34. The highest BCUT2D eigenvalue weighted by Crippen LogP contribution is 2.02. The molecule has 0 amide bonds. The van der Waals surface area contributed by atoms with Crippen LogP contribution in [0, 0.1) is 5.92 Å². The molecule has 0 radical (unpaired) electrons. The van der Waals surface area contributed by atoms with Gasteiger partial charge in [-0.2, -0.15) is 0 Å². The Labute approximate surface area is 76.3 Å². The van der Waals surface area contributed by atoms with Crippen molar-refractivity contribution in [3.63, 3.8) is 0 Å². The fourth-order valence-electron chi connectivity index (χ4n) is 1.29. The lowest BCUT2D eigenvalue weighted by Gasteiger charge is -2.20. The van der Waals surface area contributed by atoms with Gasteiger partial charge in [-0.15, -0.1) is 0 Å². The lowest BCUT2D eigenvalue weighted by atomic mass is 10.0. The predicted molar refractivity (Wildman–Crippen MR) is 54.0 cm³/mol. The van der Waals surface area contributed by atoms with E-state index < -0.39 is 0 Å². The average Bonchev–Trinajstić information content (AvgIpc) is 2.00. The predicted octanol–water partition coefficient (Wildman–Crippen LogP) is 0.735. The Morgan fingerprint density at radius 2 is 1.92 bits per heavy atom. The van der Waals surface area contributed by atoms with E-state index in [1.165, 1.54) is 6.42 Å². The molecule has 0 aromatic carbocycles. The summed E-state index contributed by atoms with van der Waals surface area (Å²) in [6, 6.07) is 0.537. The monoisotopic (exact) mass is 173 g/mol. The molecule has 0 saturated heterocycles. The number of hydrogen-bond acceptors (Lipinski definition) is 3. The van der Waals surface area contributed by atoms with E-state index in [1.807, 2.05) is 7.05 Å². The molecule has 74 valence electrons. The Morgan fingerprint density at radius 1 is 1.25 bits per heavy atom. The van der Waals surface area contributed by atoms with Crippen LogP contribution in [0.15, 0.2) is 0 Å². The molecule has 0 aliphatic heterocycles. The highest BCUT2D eigenvalue weighted by atomic mass is 15.4. The zero-order valence-electron chi connectivity index (χ0n) is 8.78. The largest absolute Gasteiger partial charge is 0.315 e. The fourth-order valence-corrected chi connectivity index (χ4v) is 1.29. The molecule has 0 heterocycles. The molecule has 0 aromatic rings. The Balaban J connectivity index is 3.54. The molecule has 0 rings (SSSR count). The van der Waals surface area contributed by atoms with E-state index in [0.29, 0.717) is 6.04 Å². The summed E-state index contributed by atoms with van der Waals surface area (Å²) in [5.74, 6) is 0.745. The SMILES string of the molecule is CCNC[C@@H](CC(C)C)NNC. The molecule has 0 bridgehead atoms. The van der Waals surface area contributed by atoms with Crippen LogP contribution in [-0.2, 0) is 0 Å². The number of nitrogens with one attached hydrogen (secondary N) is 3. The van der Waals surface area contributed by atoms with E-state index in [-0.39, 0.29) is 0 Å². The molecule has 1 atom stereocenters. The number of hydrazine groups is 1. The lowest BCUT2D eigenvalue weighted by molar-refractivity contribution is 0.373. The van der Waals surface area contributed by atoms with Gasteiger partial charge in [0.25, 0.3) is 0 Å². The van der Waals surface area contributed by atoms with E-state index in [4.69, 9.17) is 0 Å². The minimum Gasteiger partial charge on any atom is -0.315 e. The molecule has 0 aromatic heterocycles. The number of rotatable bonds is 7. The standard InChI is InChI=1S/C9H23N3/c1-5-11-7-9(12-10-4)6-8(2)3/h8-12H,5-7H2,1-4H3/t9-/m1/s1. The summed E-state index contributed by atoms with van der Waals surface area (Å²) in [7, 11) is 1.92. The van der Waals surface area contributed by atoms with Crippen LogP contribution >= 0.6 is 0 Å². The van der Waals surface area contributed by atoms with E-state index in [0.717, 1.165) is 19.0 Å². The zero-order valence-corrected chi connectivity index (χ0v) is 8.78. The smallest absolute Gasteiger partial charge is 0.0340 e. The van der Waals surface area contributed by atoms with Crippen molar-refractivity contribution in [3.8, 4) is 0 Å². The lowest BCUT2D eigenvalue weighted by Crippen LogP contribution is -2.45. The molecule has 0 spiro atoms. The molecular weight excluding hydrogens is 150 g/mol. The summed E-state index contributed by atoms with van der Waals surface area (Å²) in [4.78, 5) is 0. The summed E-state index contributed by atoms with van der Waals surface area (Å²) in [5.41, 5.74) is 6.23. The summed E-state index contributed by atoms with van der Waals surface area (Å²) in [6.07, 6.45) is 1.20. The van der Waals surface area contributed by atoms with E-state index in [9.17, 15) is 0 Å². The van der Waals surface area contributed by atoms with Gasteiger partial charge in [0.1, 0.15) is 0 Å². The van der Waals surface area contributed by atoms with Crippen molar-refractivity contribution in [1.82, 2.24) is 16.2 Å². The van der Waals surface area contributed by atoms with Crippen LogP contribution in [0.25, 0.3) is 0 Å². The number of hydrogen-bond donors (Lipinski definition) is 3. The van der Waals surface area contributed by atoms with Gasteiger partial charge in [0.15, 0.2) is 0 Å². The maximum atomic E-state index is 3.34. The van der Waals surface area contributed by atoms with Gasteiger partial charge in [0.05, 0.1) is 0 Å². The first-order valence-corrected chi connectivity index (χ1v) is 4.83. The first-order chi connectivity index (χ1) is 5.70. The third kappa shape index (κ3) is 6.58. The molecule has 0 unspecified atom stereocenters. The minimum atomic E-state index is 0.537. The quantitative estimate of drug-likeness (QED) is 0.497. The maximum Gasteiger partial charge on any atom is 0.0340 e. The van der Waals surface area contributed by atoms with E-state index in [1.54, 1.807) is 0 Å². The maximum absolute atomic E-state index is 3.34. The Kier molecular flexibility index (Phi) is 7.45. The second-order valence-corrected chi connectivity index (χ2v) is 3.53. The van der Waals surface area contributed by atoms with Crippen LogP contribution in [0.5, 0.6) is 0 Å². The second kappa shape index (κ2) is 7.53. The molecule has 0 aliphatic carbocycles. The van der Waals surface area contributed by atoms with Gasteiger partial charge in [-0.05, 0) is 25.9 Å². The van der Waals surface area contributed by atoms with Crippen LogP contribution in [0.3, 0.4) is 0 Å². The van der Waals surface area contributed by atoms with Crippen molar-refractivity contribution in [3.05, 3.63) is 0 Å². The van der Waals surface area contributed by atoms with Crippen LogP contribution in [0.4, 0.5) is 0 Å². The summed E-state index contributed by atoms with van der Waals surface area (Å²) >= 11 is 0. The zero-order chi connectivity index (χ0) is 9.40. The van der Waals surface area contributed by atoms with E-state index in [2.05, 4.69) is 36.9 Å². The molecule has 3 heteroatoms. The molecular formula is C9H23N3. The highest BCUT2D eigenvalue weighted by Gasteiger charge is 2.07. The molecule has 0 aliphatic rings. The second-order valence-electron chi connectivity index (χ2n) is 3.53. The fraction of sp³-hybridized carbons (Fsp3) is 1.00. The first-order valence-electron chi connectivity index (χ1n) is 4.83. The molecule has 0 fully saturated rings. The Morgan fingerprint density at radius 3 is 2.33 bits per heavy atom. The van der Waals surface area contributed by atoms with Crippen molar-refractivity contribution < 1.29 is 0 Å². The van der Waals surface area contributed by atoms with Gasteiger partial charge in [-0.1, -0.05) is 20.8 Å². The van der Waals surface area contributed by atoms with Gasteiger partial charge in [0.2, 0.25) is 0 Å². The first kappa shape index (κ1) is 11.9. The van der Waals surface area contributed by atoms with Crippen LogP contribution in [0.1, 0.15) is 27.2 Å². The van der Waals surface area contributed by atoms with Gasteiger partial charge < -0.3 is 5.32 Å². The summed E-state index contributed by atoms with van der Waals surface area (Å²) < 4.78 is 0. The average molecular weight is 173 g/mol. The van der Waals surface area contributed by atoms with Crippen LogP contribution in [-0.4, -0.2) is 26.2 Å². The van der Waals surface area contributed by atoms with Crippen molar-refractivity contribution in [2.45, 2.75) is 33.2 Å². The normalized spacial score (nSPS) is 13.8. The van der Waals surface area contributed by atoms with Crippen molar-refractivity contribution in [2.75, 3.05) is 20.1 Å². The van der Waals surface area contributed by atoms with Crippen molar-refractivity contribution in [1.29, 1.82) is 0 Å². The van der Waals surface area contributed by atoms with Gasteiger partial charge in [-0.25, -0.2) is 0 Å². The number of likely N-dealkylation sites (N-methyl/N-ethyl adjacent to an activating group) is 1. The van der Waals surface area contributed by atoms with Crippen molar-refractivity contribution >= 4 is 0 Å². The minimum absolute atomic E-state index is 0.537. The highest BCUT2D eigenvalue weighted by molar-refractivity contribution is 4.68. The molecule has 12 heavy (non-hydrogen) atoms. The molecule has 3 nitrogen and oxygen atoms in total. The summed E-state index contributed by atoms with van der Waals surface area (Å²) in [6.45, 7) is 8.70. The van der Waals surface area contributed by atoms with Gasteiger partial charge in [-0.3, -0.25) is 10.9 Å². The van der Waals surface area contributed by atoms with Crippen LogP contribution in [0.2, 0.25) is 0 Å². The molecule has 3 N–H and O–H groups in total. The topological polar surface area (TPSA) is 36.1 Å².